The van der Waals surface area contributed by atoms with Gasteiger partial charge in [-0.3, -0.25) is 14.2 Å². The van der Waals surface area contributed by atoms with Gasteiger partial charge < -0.3 is 14.8 Å². The Bertz CT molecular complexity index is 1550. The summed E-state index contributed by atoms with van der Waals surface area (Å²) in [7, 11) is 3.03. The predicted octanol–water partition coefficient (Wildman–Crippen LogP) is 7.28. The molecule has 4 aromatic carbocycles. The van der Waals surface area contributed by atoms with Gasteiger partial charge in [0.25, 0.3) is 5.91 Å². The van der Waals surface area contributed by atoms with Crippen LogP contribution in [-0.2, 0) is 0 Å². The first kappa shape index (κ1) is 25.4. The molecule has 0 aliphatic heterocycles. The molecule has 0 fully saturated rings. The zero-order valence-corrected chi connectivity index (χ0v) is 22.2. The first-order valence-electron chi connectivity index (χ1n) is 12.4. The number of rotatable bonds is 8. The fourth-order valence-electron chi connectivity index (χ4n) is 4.66. The number of nitrogens with zero attached hydrogens (tertiary/aromatic N) is 1. The van der Waals surface area contributed by atoms with Crippen molar-refractivity contribution in [2.24, 2.45) is 0 Å². The minimum absolute atomic E-state index is 0.0514. The lowest BCUT2D eigenvalue weighted by Gasteiger charge is -2.16. The average molecular weight is 525 g/mol. The monoisotopic (exact) mass is 524 g/mol. The molecule has 1 amide bonds. The maximum atomic E-state index is 13.8. The molecular formula is C31H28N2O4S. The second-order valence-electron chi connectivity index (χ2n) is 8.74. The summed E-state index contributed by atoms with van der Waals surface area (Å²) in [6.07, 6.45) is 0.677. The number of hydrogen-bond acceptors (Lipinski definition) is 5. The number of para-hydroxylation sites is 2. The Labute approximate surface area is 225 Å². The standard InChI is InChI=1S/C31H28N2O4S/c1-4-28(31(35)33-24-12-7-5-10-22(24)23-11-6-8-13-25(23)33)38-21-18-16-20(17-19-21)32-30(34)29-26(36-2)14-9-15-27(29)37-3/h5-19,28H,4H2,1-3H3,(H,32,34). The van der Waals surface area contributed by atoms with Crippen LogP contribution in [0.4, 0.5) is 5.69 Å². The van der Waals surface area contributed by atoms with E-state index in [1.165, 1.54) is 26.0 Å². The molecule has 1 unspecified atom stereocenters. The van der Waals surface area contributed by atoms with Gasteiger partial charge in [0, 0.05) is 21.4 Å². The topological polar surface area (TPSA) is 69.6 Å². The molecule has 1 N–H and O–H groups in total. The van der Waals surface area contributed by atoms with Crippen molar-refractivity contribution in [3.05, 3.63) is 96.6 Å². The van der Waals surface area contributed by atoms with Crippen molar-refractivity contribution in [1.82, 2.24) is 4.57 Å². The van der Waals surface area contributed by atoms with Gasteiger partial charge in [-0.15, -0.1) is 11.8 Å². The molecule has 1 heterocycles. The number of aromatic nitrogens is 1. The van der Waals surface area contributed by atoms with E-state index in [0.29, 0.717) is 29.2 Å². The van der Waals surface area contributed by atoms with Gasteiger partial charge in [0.05, 0.1) is 30.5 Å². The largest absolute Gasteiger partial charge is 0.496 e. The molecule has 0 bridgehead atoms. The van der Waals surface area contributed by atoms with Crippen molar-refractivity contribution in [2.45, 2.75) is 23.5 Å². The smallest absolute Gasteiger partial charge is 0.263 e. The van der Waals surface area contributed by atoms with Crippen LogP contribution in [0.25, 0.3) is 21.8 Å². The second-order valence-corrected chi connectivity index (χ2v) is 10.0. The third kappa shape index (κ3) is 4.73. The van der Waals surface area contributed by atoms with E-state index in [9.17, 15) is 9.59 Å². The molecule has 0 spiro atoms. The van der Waals surface area contributed by atoms with E-state index >= 15 is 0 Å². The van der Waals surface area contributed by atoms with Crippen molar-refractivity contribution in [1.29, 1.82) is 0 Å². The number of thioether (sulfide) groups is 1. The highest BCUT2D eigenvalue weighted by Gasteiger charge is 2.24. The maximum absolute atomic E-state index is 13.8. The summed E-state index contributed by atoms with van der Waals surface area (Å²) in [4.78, 5) is 27.8. The van der Waals surface area contributed by atoms with E-state index in [0.717, 1.165) is 26.7 Å². The van der Waals surface area contributed by atoms with E-state index in [1.807, 2.05) is 72.2 Å². The Kier molecular flexibility index (Phi) is 7.38. The number of benzene rings is 4. The highest BCUT2D eigenvalue weighted by molar-refractivity contribution is 8.00. The highest BCUT2D eigenvalue weighted by Crippen LogP contribution is 2.34. The number of carbonyl (C=O) groups excluding carboxylic acids is 2. The van der Waals surface area contributed by atoms with E-state index in [4.69, 9.17) is 9.47 Å². The normalized spacial score (nSPS) is 11.9. The van der Waals surface area contributed by atoms with Crippen LogP contribution < -0.4 is 14.8 Å². The second kappa shape index (κ2) is 11.0. The molecule has 7 heteroatoms. The number of hydrogen-bond donors (Lipinski definition) is 1. The fourth-order valence-corrected chi connectivity index (χ4v) is 5.66. The summed E-state index contributed by atoms with van der Waals surface area (Å²) in [5.74, 6) is 0.593. The van der Waals surface area contributed by atoms with Crippen LogP contribution in [0.5, 0.6) is 11.5 Å². The first-order chi connectivity index (χ1) is 18.5. The van der Waals surface area contributed by atoms with Crippen molar-refractivity contribution in [3.63, 3.8) is 0 Å². The Hall–Kier alpha value is -4.23. The van der Waals surface area contributed by atoms with Crippen LogP contribution in [-0.4, -0.2) is 35.9 Å². The number of ether oxygens (including phenoxy) is 2. The van der Waals surface area contributed by atoms with Crippen LogP contribution in [0.15, 0.2) is 95.9 Å². The van der Waals surface area contributed by atoms with Crippen LogP contribution in [0, 0.1) is 0 Å². The Morgan fingerprint density at radius 2 is 1.34 bits per heavy atom. The van der Waals surface area contributed by atoms with Gasteiger partial charge in [-0.05, 0) is 55.0 Å². The average Bonchev–Trinajstić information content (AvgIpc) is 3.30. The fraction of sp³-hybridized carbons (Fsp3) is 0.161. The van der Waals surface area contributed by atoms with E-state index in [-0.39, 0.29) is 17.1 Å². The molecule has 192 valence electrons. The number of methoxy groups -OCH3 is 2. The van der Waals surface area contributed by atoms with Crippen molar-refractivity contribution in [2.75, 3.05) is 19.5 Å². The van der Waals surface area contributed by atoms with E-state index < -0.39 is 0 Å². The minimum atomic E-state index is -0.326. The summed E-state index contributed by atoms with van der Waals surface area (Å²) in [6, 6.07) is 28.8. The minimum Gasteiger partial charge on any atom is -0.496 e. The zero-order valence-electron chi connectivity index (χ0n) is 21.4. The Balaban J connectivity index is 1.36. The molecule has 0 aliphatic rings. The van der Waals surface area contributed by atoms with Gasteiger partial charge in [0.2, 0.25) is 5.91 Å². The van der Waals surface area contributed by atoms with Gasteiger partial charge in [-0.25, -0.2) is 0 Å². The molecule has 1 atom stereocenters. The summed E-state index contributed by atoms with van der Waals surface area (Å²) in [5, 5.41) is 4.78. The van der Waals surface area contributed by atoms with Crippen molar-refractivity contribution in [3.8, 4) is 11.5 Å². The third-order valence-electron chi connectivity index (χ3n) is 6.49. The van der Waals surface area contributed by atoms with Crippen LogP contribution in [0.1, 0.15) is 28.5 Å². The van der Waals surface area contributed by atoms with E-state index in [1.54, 1.807) is 18.2 Å². The predicted molar refractivity (Wildman–Crippen MR) is 154 cm³/mol. The zero-order chi connectivity index (χ0) is 26.6. The Morgan fingerprint density at radius 3 is 1.87 bits per heavy atom. The number of amides is 1. The lowest BCUT2D eigenvalue weighted by molar-refractivity contribution is 0.0918. The first-order valence-corrected chi connectivity index (χ1v) is 13.2. The van der Waals surface area contributed by atoms with Crippen LogP contribution in [0.3, 0.4) is 0 Å². The number of anilines is 1. The maximum Gasteiger partial charge on any atom is 0.263 e. The summed E-state index contributed by atoms with van der Waals surface area (Å²) in [6.45, 7) is 2.03. The molecule has 5 rings (SSSR count). The van der Waals surface area contributed by atoms with Crippen LogP contribution in [0.2, 0.25) is 0 Å². The van der Waals surface area contributed by atoms with Gasteiger partial charge >= 0.3 is 0 Å². The molecule has 1 aromatic heterocycles. The Morgan fingerprint density at radius 1 is 0.789 bits per heavy atom. The van der Waals surface area contributed by atoms with Crippen molar-refractivity contribution < 1.29 is 19.1 Å². The summed E-state index contributed by atoms with van der Waals surface area (Å²) >= 11 is 1.53. The summed E-state index contributed by atoms with van der Waals surface area (Å²) < 4.78 is 12.5. The number of nitrogens with one attached hydrogen (secondary N) is 1. The van der Waals surface area contributed by atoms with Gasteiger partial charge in [0.15, 0.2) is 0 Å². The van der Waals surface area contributed by atoms with Gasteiger partial charge in [0.1, 0.15) is 17.1 Å². The van der Waals surface area contributed by atoms with Gasteiger partial charge in [-0.1, -0.05) is 49.4 Å². The quantitative estimate of drug-likeness (QED) is 0.216. The molecular weight excluding hydrogens is 496 g/mol. The lowest BCUT2D eigenvalue weighted by atomic mass is 10.1. The molecule has 0 saturated heterocycles. The third-order valence-corrected chi connectivity index (χ3v) is 7.86. The molecule has 38 heavy (non-hydrogen) atoms. The highest BCUT2D eigenvalue weighted by atomic mass is 32.2. The molecule has 5 aromatic rings. The molecule has 0 saturated carbocycles. The number of carbonyl (C=O) groups is 2. The SMILES string of the molecule is CCC(Sc1ccc(NC(=O)c2c(OC)cccc2OC)cc1)C(=O)n1c2ccccc2c2ccccc21. The van der Waals surface area contributed by atoms with E-state index in [2.05, 4.69) is 17.4 Å². The van der Waals surface area contributed by atoms with Crippen molar-refractivity contribution >= 4 is 51.1 Å². The number of fused-ring (bicyclic) bond motifs is 3. The molecule has 6 nitrogen and oxygen atoms in total. The van der Waals surface area contributed by atoms with Gasteiger partial charge in [-0.2, -0.15) is 0 Å². The summed E-state index contributed by atoms with van der Waals surface area (Å²) in [5.41, 5.74) is 2.80. The lowest BCUT2D eigenvalue weighted by Crippen LogP contribution is -2.23. The van der Waals surface area contributed by atoms with Crippen LogP contribution >= 0.6 is 11.8 Å². The molecule has 0 aliphatic carbocycles. The molecule has 0 radical (unpaired) electrons.